The summed E-state index contributed by atoms with van der Waals surface area (Å²) in [6, 6.07) is -0.0731. The highest BCUT2D eigenvalue weighted by atomic mass is 16.6. The summed E-state index contributed by atoms with van der Waals surface area (Å²) in [7, 11) is 0. The van der Waals surface area contributed by atoms with Crippen molar-refractivity contribution in [1.82, 2.24) is 4.90 Å². The van der Waals surface area contributed by atoms with Gasteiger partial charge >= 0.3 is 12.1 Å². The molecule has 1 atom stereocenters. The van der Waals surface area contributed by atoms with Gasteiger partial charge in [-0.05, 0) is 12.3 Å². The Bertz CT molecular complexity index is 252. The van der Waals surface area contributed by atoms with Crippen LogP contribution >= 0.6 is 0 Å². The average molecular weight is 215 g/mol. The lowest BCUT2D eigenvalue weighted by atomic mass is 10.1. The maximum Gasteiger partial charge on any atom is 0.410 e. The molecule has 0 bridgehead atoms. The molecule has 0 aliphatic carbocycles. The van der Waals surface area contributed by atoms with Crippen molar-refractivity contribution in [2.45, 2.75) is 32.7 Å². The third-order valence-electron chi connectivity index (χ3n) is 2.33. The summed E-state index contributed by atoms with van der Waals surface area (Å²) in [4.78, 5) is 23.4. The molecular weight excluding hydrogens is 198 g/mol. The van der Waals surface area contributed by atoms with E-state index in [4.69, 9.17) is 9.84 Å². The topological polar surface area (TPSA) is 66.8 Å². The summed E-state index contributed by atoms with van der Waals surface area (Å²) < 4.78 is 4.91. The van der Waals surface area contributed by atoms with E-state index < -0.39 is 5.97 Å². The smallest absolute Gasteiger partial charge is 0.410 e. The number of cyclic esters (lactones) is 1. The van der Waals surface area contributed by atoms with Crippen LogP contribution in [0.1, 0.15) is 26.7 Å². The fraction of sp³-hybridized carbons (Fsp3) is 0.800. The van der Waals surface area contributed by atoms with Crippen molar-refractivity contribution in [3.8, 4) is 0 Å². The highest BCUT2D eigenvalue weighted by Gasteiger charge is 2.32. The van der Waals surface area contributed by atoms with Gasteiger partial charge in [-0.25, -0.2) is 4.79 Å². The maximum atomic E-state index is 11.3. The molecule has 1 unspecified atom stereocenters. The largest absolute Gasteiger partial charge is 0.481 e. The van der Waals surface area contributed by atoms with Crippen molar-refractivity contribution in [3.63, 3.8) is 0 Å². The number of aliphatic carboxylic acids is 1. The van der Waals surface area contributed by atoms with Gasteiger partial charge in [-0.1, -0.05) is 13.8 Å². The Balaban J connectivity index is 2.48. The Labute approximate surface area is 89.0 Å². The van der Waals surface area contributed by atoms with E-state index in [2.05, 4.69) is 0 Å². The maximum absolute atomic E-state index is 11.3. The quantitative estimate of drug-likeness (QED) is 0.751. The van der Waals surface area contributed by atoms with Crippen molar-refractivity contribution >= 4 is 12.1 Å². The second-order valence-electron chi connectivity index (χ2n) is 4.21. The summed E-state index contributed by atoms with van der Waals surface area (Å²) in [6.45, 7) is 4.97. The third kappa shape index (κ3) is 3.42. The Morgan fingerprint density at radius 2 is 2.33 bits per heavy atom. The Hall–Kier alpha value is -1.26. The number of rotatable bonds is 5. The van der Waals surface area contributed by atoms with E-state index in [1.807, 2.05) is 13.8 Å². The second-order valence-corrected chi connectivity index (χ2v) is 4.21. The second kappa shape index (κ2) is 5.00. The van der Waals surface area contributed by atoms with Crippen molar-refractivity contribution < 1.29 is 19.4 Å². The molecule has 1 heterocycles. The molecule has 86 valence electrons. The molecule has 0 aromatic carbocycles. The Morgan fingerprint density at radius 3 is 2.87 bits per heavy atom. The number of carbonyl (C=O) groups is 2. The van der Waals surface area contributed by atoms with Crippen LogP contribution in [-0.2, 0) is 9.53 Å². The SMILES string of the molecule is CC(C)CN1C(=O)OCC1CCC(=O)O. The number of nitrogens with zero attached hydrogens (tertiary/aromatic N) is 1. The predicted molar refractivity (Wildman–Crippen MR) is 53.5 cm³/mol. The molecule has 5 heteroatoms. The number of carboxylic acid groups (broad SMARTS) is 1. The van der Waals surface area contributed by atoms with Crippen molar-refractivity contribution in [1.29, 1.82) is 0 Å². The van der Waals surface area contributed by atoms with Gasteiger partial charge in [0.1, 0.15) is 6.61 Å². The van der Waals surface area contributed by atoms with Crippen LogP contribution in [0, 0.1) is 5.92 Å². The van der Waals surface area contributed by atoms with Crippen LogP contribution < -0.4 is 0 Å². The van der Waals surface area contributed by atoms with Gasteiger partial charge < -0.3 is 14.7 Å². The number of hydrogen-bond donors (Lipinski definition) is 1. The molecular formula is C10H17NO4. The number of hydrogen-bond acceptors (Lipinski definition) is 3. The summed E-state index contributed by atoms with van der Waals surface area (Å²) in [5.74, 6) is -0.471. The van der Waals surface area contributed by atoms with Gasteiger partial charge in [0.2, 0.25) is 0 Å². The van der Waals surface area contributed by atoms with Gasteiger partial charge in [0.25, 0.3) is 0 Å². The van der Waals surface area contributed by atoms with Crippen LogP contribution in [-0.4, -0.2) is 41.3 Å². The highest BCUT2D eigenvalue weighted by Crippen LogP contribution is 2.18. The Morgan fingerprint density at radius 1 is 1.67 bits per heavy atom. The monoisotopic (exact) mass is 215 g/mol. The highest BCUT2D eigenvalue weighted by molar-refractivity contribution is 5.70. The van der Waals surface area contributed by atoms with Crippen LogP contribution in [0.25, 0.3) is 0 Å². The molecule has 15 heavy (non-hydrogen) atoms. The van der Waals surface area contributed by atoms with Gasteiger partial charge in [-0.3, -0.25) is 4.79 Å². The molecule has 1 fully saturated rings. The van der Waals surface area contributed by atoms with Gasteiger partial charge in [0, 0.05) is 13.0 Å². The summed E-state index contributed by atoms with van der Waals surface area (Å²) >= 11 is 0. The van der Waals surface area contributed by atoms with Gasteiger partial charge in [-0.15, -0.1) is 0 Å². The molecule has 0 aromatic rings. The van der Waals surface area contributed by atoms with E-state index in [0.717, 1.165) is 0 Å². The van der Waals surface area contributed by atoms with E-state index in [-0.39, 0.29) is 18.6 Å². The first-order valence-corrected chi connectivity index (χ1v) is 5.16. The molecule has 0 aromatic heterocycles. The molecule has 1 saturated heterocycles. The van der Waals surface area contributed by atoms with Crippen LogP contribution in [0.5, 0.6) is 0 Å². The standard InChI is InChI=1S/C10H17NO4/c1-7(2)5-11-8(3-4-9(12)13)6-15-10(11)14/h7-8H,3-6H2,1-2H3,(H,12,13). The van der Waals surface area contributed by atoms with Gasteiger partial charge in [-0.2, -0.15) is 0 Å². The van der Waals surface area contributed by atoms with Crippen molar-refractivity contribution in [2.24, 2.45) is 5.92 Å². The normalized spacial score (nSPS) is 20.9. The molecule has 1 aliphatic heterocycles. The third-order valence-corrected chi connectivity index (χ3v) is 2.33. The molecule has 1 rings (SSSR count). The number of amides is 1. The van der Waals surface area contributed by atoms with E-state index >= 15 is 0 Å². The van der Waals surface area contributed by atoms with Crippen LogP contribution in [0.2, 0.25) is 0 Å². The van der Waals surface area contributed by atoms with Gasteiger partial charge in [0.15, 0.2) is 0 Å². The first-order chi connectivity index (χ1) is 7.00. The zero-order valence-corrected chi connectivity index (χ0v) is 9.10. The van der Waals surface area contributed by atoms with Crippen molar-refractivity contribution in [2.75, 3.05) is 13.2 Å². The van der Waals surface area contributed by atoms with E-state index in [1.54, 1.807) is 4.90 Å². The van der Waals surface area contributed by atoms with E-state index in [1.165, 1.54) is 0 Å². The first kappa shape index (κ1) is 11.8. The van der Waals surface area contributed by atoms with Crippen LogP contribution in [0.15, 0.2) is 0 Å². The van der Waals surface area contributed by atoms with Gasteiger partial charge in [0.05, 0.1) is 6.04 Å². The summed E-state index contributed by atoms with van der Waals surface area (Å²) in [6.07, 6.45) is 0.225. The lowest BCUT2D eigenvalue weighted by Crippen LogP contribution is -2.36. The minimum Gasteiger partial charge on any atom is -0.481 e. The minimum absolute atomic E-state index is 0.0731. The average Bonchev–Trinajstić information content (AvgIpc) is 2.44. The molecule has 0 saturated carbocycles. The molecule has 0 spiro atoms. The van der Waals surface area contributed by atoms with E-state index in [9.17, 15) is 9.59 Å². The summed E-state index contributed by atoms with van der Waals surface area (Å²) in [5.41, 5.74) is 0. The molecule has 1 amide bonds. The predicted octanol–water partition coefficient (Wildman–Crippen LogP) is 1.33. The lowest BCUT2D eigenvalue weighted by Gasteiger charge is -2.22. The zero-order valence-electron chi connectivity index (χ0n) is 9.10. The number of carbonyl (C=O) groups excluding carboxylic acids is 1. The molecule has 1 aliphatic rings. The fourth-order valence-electron chi connectivity index (χ4n) is 1.64. The zero-order chi connectivity index (χ0) is 11.4. The van der Waals surface area contributed by atoms with Crippen LogP contribution in [0.3, 0.4) is 0 Å². The molecule has 1 N–H and O–H groups in total. The fourth-order valence-corrected chi connectivity index (χ4v) is 1.64. The lowest BCUT2D eigenvalue weighted by molar-refractivity contribution is -0.137. The number of carboxylic acids is 1. The van der Waals surface area contributed by atoms with Crippen LogP contribution in [0.4, 0.5) is 4.79 Å². The minimum atomic E-state index is -0.834. The summed E-state index contributed by atoms with van der Waals surface area (Å²) in [5, 5.41) is 8.56. The van der Waals surface area contributed by atoms with Crippen molar-refractivity contribution in [3.05, 3.63) is 0 Å². The molecule has 5 nitrogen and oxygen atoms in total. The van der Waals surface area contributed by atoms with E-state index in [0.29, 0.717) is 25.5 Å². The first-order valence-electron chi connectivity index (χ1n) is 5.16. The Kier molecular flexibility index (Phi) is 3.94. The number of ether oxygens (including phenoxy) is 1. The molecule has 0 radical (unpaired) electrons.